The fourth-order valence-corrected chi connectivity index (χ4v) is 6.79. The third kappa shape index (κ3) is 5.05. The lowest BCUT2D eigenvalue weighted by Gasteiger charge is -2.17. The Hall–Kier alpha value is -2.65. The Morgan fingerprint density at radius 1 is 1.12 bits per heavy atom. The van der Waals surface area contributed by atoms with E-state index < -0.39 is 15.1 Å². The molecule has 1 amide bonds. The van der Waals surface area contributed by atoms with Gasteiger partial charge in [-0.3, -0.25) is 4.79 Å². The summed E-state index contributed by atoms with van der Waals surface area (Å²) in [4.78, 5) is 13.3. The van der Waals surface area contributed by atoms with Gasteiger partial charge >= 0.3 is 0 Å². The Morgan fingerprint density at radius 3 is 2.44 bits per heavy atom. The van der Waals surface area contributed by atoms with Crippen LogP contribution in [-0.2, 0) is 21.7 Å². The minimum absolute atomic E-state index is 0.0962. The van der Waals surface area contributed by atoms with Gasteiger partial charge in [0.2, 0.25) is 5.91 Å². The van der Waals surface area contributed by atoms with E-state index in [9.17, 15) is 13.2 Å². The quantitative estimate of drug-likeness (QED) is 0.551. The van der Waals surface area contributed by atoms with Crippen LogP contribution in [0, 0.1) is 13.8 Å². The zero-order valence-electron chi connectivity index (χ0n) is 18.3. The monoisotopic (exact) mass is 470 g/mol. The number of aromatic nitrogens is 3. The van der Waals surface area contributed by atoms with Crippen molar-refractivity contribution in [1.82, 2.24) is 14.8 Å². The molecule has 3 aromatic rings. The van der Waals surface area contributed by atoms with Crippen molar-refractivity contribution in [2.75, 3.05) is 16.8 Å². The van der Waals surface area contributed by atoms with Crippen LogP contribution in [0.4, 0.5) is 5.69 Å². The Kier molecular flexibility index (Phi) is 6.39. The van der Waals surface area contributed by atoms with E-state index in [2.05, 4.69) is 21.6 Å². The van der Waals surface area contributed by atoms with Crippen LogP contribution < -0.4 is 5.32 Å². The van der Waals surface area contributed by atoms with E-state index in [1.165, 1.54) is 11.8 Å². The molecule has 2 heterocycles. The van der Waals surface area contributed by atoms with Crippen LogP contribution in [0.25, 0.3) is 0 Å². The second-order valence-electron chi connectivity index (χ2n) is 8.27. The molecule has 1 aliphatic rings. The highest BCUT2D eigenvalue weighted by atomic mass is 32.2. The molecule has 9 heteroatoms. The molecule has 0 bridgehead atoms. The van der Waals surface area contributed by atoms with Crippen LogP contribution in [0.5, 0.6) is 0 Å². The van der Waals surface area contributed by atoms with Gasteiger partial charge in [-0.1, -0.05) is 48.2 Å². The number of sulfone groups is 1. The van der Waals surface area contributed by atoms with Gasteiger partial charge in [0.15, 0.2) is 15.0 Å². The smallest absolute Gasteiger partial charge is 0.242 e. The maximum Gasteiger partial charge on any atom is 0.242 e. The molecule has 0 radical (unpaired) electrons. The molecular weight excluding hydrogens is 444 g/mol. The lowest BCUT2D eigenvalue weighted by molar-refractivity contribution is -0.115. The molecule has 1 aliphatic heterocycles. The molecule has 0 spiro atoms. The van der Waals surface area contributed by atoms with E-state index >= 15 is 0 Å². The van der Waals surface area contributed by atoms with Gasteiger partial charge in [0.25, 0.3) is 0 Å². The van der Waals surface area contributed by atoms with E-state index in [1.54, 1.807) is 0 Å². The molecule has 0 saturated carbocycles. The Bertz CT molecular complexity index is 1220. The summed E-state index contributed by atoms with van der Waals surface area (Å²) >= 11 is 1.31. The first-order valence-corrected chi connectivity index (χ1v) is 13.1. The SMILES string of the molecule is Cc1cc(C)cc(NC(=O)C(Sc2nnc(C3CCS(=O)(=O)C3)n2C)c2ccccc2)c1. The number of aryl methyl sites for hydroxylation is 2. The summed E-state index contributed by atoms with van der Waals surface area (Å²) in [5.41, 5.74) is 3.76. The molecule has 1 fully saturated rings. The Morgan fingerprint density at radius 2 is 1.81 bits per heavy atom. The first kappa shape index (κ1) is 22.5. The molecule has 2 atom stereocenters. The van der Waals surface area contributed by atoms with E-state index in [-0.39, 0.29) is 23.3 Å². The van der Waals surface area contributed by atoms with Crippen LogP contribution in [0.1, 0.15) is 40.1 Å². The number of nitrogens with zero attached hydrogens (tertiary/aromatic N) is 3. The molecule has 2 aromatic carbocycles. The van der Waals surface area contributed by atoms with Crippen molar-refractivity contribution in [3.8, 4) is 0 Å². The number of hydrogen-bond acceptors (Lipinski definition) is 6. The minimum Gasteiger partial charge on any atom is -0.325 e. The Labute approximate surface area is 192 Å². The summed E-state index contributed by atoms with van der Waals surface area (Å²) < 4.78 is 25.6. The second-order valence-corrected chi connectivity index (χ2v) is 11.6. The van der Waals surface area contributed by atoms with Crippen LogP contribution in [0.3, 0.4) is 0 Å². The average Bonchev–Trinajstić information content (AvgIpc) is 3.27. The Balaban J connectivity index is 1.60. The van der Waals surface area contributed by atoms with Crippen molar-refractivity contribution < 1.29 is 13.2 Å². The first-order chi connectivity index (χ1) is 15.2. The van der Waals surface area contributed by atoms with Crippen molar-refractivity contribution in [1.29, 1.82) is 0 Å². The second kappa shape index (κ2) is 9.07. The predicted octanol–water partition coefficient (Wildman–Crippen LogP) is 3.81. The molecule has 0 aliphatic carbocycles. The zero-order valence-corrected chi connectivity index (χ0v) is 19.9. The summed E-state index contributed by atoms with van der Waals surface area (Å²) in [6.45, 7) is 3.99. The molecule has 2 unspecified atom stereocenters. The zero-order chi connectivity index (χ0) is 22.9. The van der Waals surface area contributed by atoms with Crippen LogP contribution in [-0.4, -0.2) is 40.6 Å². The normalized spacial score (nSPS) is 18.4. The maximum absolute atomic E-state index is 13.3. The molecule has 1 N–H and O–H groups in total. The number of anilines is 1. The maximum atomic E-state index is 13.3. The third-order valence-corrected chi connectivity index (χ3v) is 8.58. The number of hydrogen-bond donors (Lipinski definition) is 1. The number of nitrogens with one attached hydrogen (secondary N) is 1. The number of carbonyl (C=O) groups is 1. The third-order valence-electron chi connectivity index (χ3n) is 5.52. The van der Waals surface area contributed by atoms with Crippen LogP contribution in [0.15, 0.2) is 53.7 Å². The van der Waals surface area contributed by atoms with E-state index in [0.717, 1.165) is 22.4 Å². The van der Waals surface area contributed by atoms with Gasteiger partial charge < -0.3 is 9.88 Å². The van der Waals surface area contributed by atoms with Crippen LogP contribution >= 0.6 is 11.8 Å². The average molecular weight is 471 g/mol. The van der Waals surface area contributed by atoms with E-state index in [1.807, 2.05) is 67.9 Å². The summed E-state index contributed by atoms with van der Waals surface area (Å²) in [5, 5.41) is 11.6. The van der Waals surface area contributed by atoms with E-state index in [0.29, 0.717) is 17.4 Å². The van der Waals surface area contributed by atoms with Gasteiger partial charge in [-0.05, 0) is 49.1 Å². The van der Waals surface area contributed by atoms with Gasteiger partial charge in [-0.25, -0.2) is 8.42 Å². The summed E-state index contributed by atoms with van der Waals surface area (Å²) in [5.74, 6) is 0.608. The first-order valence-electron chi connectivity index (χ1n) is 10.4. The summed E-state index contributed by atoms with van der Waals surface area (Å²) in [6.07, 6.45) is 0.550. The number of thioether (sulfide) groups is 1. The lowest BCUT2D eigenvalue weighted by Crippen LogP contribution is -2.19. The standard InChI is InChI=1S/C23H26N4O3S2/c1-15-11-16(2)13-19(12-15)24-22(28)20(17-7-5-4-6-8-17)31-23-26-25-21(27(23)3)18-9-10-32(29,30)14-18/h4-8,11-13,18,20H,9-10,14H2,1-3H3,(H,24,28). The minimum atomic E-state index is -3.02. The van der Waals surface area contributed by atoms with Crippen molar-refractivity contribution in [2.45, 2.75) is 36.6 Å². The highest BCUT2D eigenvalue weighted by Gasteiger charge is 2.33. The van der Waals surface area contributed by atoms with Gasteiger partial charge in [-0.15, -0.1) is 10.2 Å². The highest BCUT2D eigenvalue weighted by molar-refractivity contribution is 8.00. The molecule has 1 aromatic heterocycles. The van der Waals surface area contributed by atoms with Gasteiger partial charge in [-0.2, -0.15) is 0 Å². The number of carbonyl (C=O) groups excluding carboxylic acids is 1. The molecule has 4 rings (SSSR count). The van der Waals surface area contributed by atoms with Crippen molar-refractivity contribution >= 4 is 33.2 Å². The van der Waals surface area contributed by atoms with Crippen LogP contribution in [0.2, 0.25) is 0 Å². The number of amides is 1. The van der Waals surface area contributed by atoms with Gasteiger partial charge in [0, 0.05) is 18.7 Å². The van der Waals surface area contributed by atoms with Gasteiger partial charge in [0.1, 0.15) is 11.1 Å². The number of rotatable bonds is 6. The summed E-state index contributed by atoms with van der Waals surface area (Å²) in [6, 6.07) is 15.5. The fraction of sp³-hybridized carbons (Fsp3) is 0.348. The summed E-state index contributed by atoms with van der Waals surface area (Å²) in [7, 11) is -1.20. The highest BCUT2D eigenvalue weighted by Crippen LogP contribution is 2.37. The van der Waals surface area contributed by atoms with Crippen molar-refractivity contribution in [3.05, 3.63) is 71.0 Å². The topological polar surface area (TPSA) is 94.0 Å². The predicted molar refractivity (Wildman–Crippen MR) is 127 cm³/mol. The van der Waals surface area contributed by atoms with Crippen molar-refractivity contribution in [2.24, 2.45) is 7.05 Å². The van der Waals surface area contributed by atoms with Crippen molar-refractivity contribution in [3.63, 3.8) is 0 Å². The molecule has 7 nitrogen and oxygen atoms in total. The fourth-order valence-electron chi connectivity index (χ4n) is 4.04. The molecular formula is C23H26N4O3S2. The lowest BCUT2D eigenvalue weighted by atomic mass is 10.1. The van der Waals surface area contributed by atoms with Gasteiger partial charge in [0.05, 0.1) is 11.5 Å². The molecule has 1 saturated heterocycles. The molecule has 32 heavy (non-hydrogen) atoms. The van der Waals surface area contributed by atoms with E-state index in [4.69, 9.17) is 0 Å². The molecule has 168 valence electrons. The number of benzene rings is 2. The largest absolute Gasteiger partial charge is 0.325 e.